The topological polar surface area (TPSA) is 102 Å². The summed E-state index contributed by atoms with van der Waals surface area (Å²) in [7, 11) is 3.30. The molecule has 1 heterocycles. The van der Waals surface area contributed by atoms with E-state index in [4.69, 9.17) is 14.2 Å². The van der Waals surface area contributed by atoms with E-state index in [9.17, 15) is 9.90 Å². The van der Waals surface area contributed by atoms with Crippen LogP contribution in [0.4, 0.5) is 0 Å². The fourth-order valence-electron chi connectivity index (χ4n) is 4.95. The molecule has 0 saturated carbocycles. The van der Waals surface area contributed by atoms with Crippen LogP contribution in [0.2, 0.25) is 0 Å². The van der Waals surface area contributed by atoms with Gasteiger partial charge in [0.1, 0.15) is 17.1 Å². The zero-order valence-corrected chi connectivity index (χ0v) is 24.2. The molecule has 2 N–H and O–H groups in total. The molecule has 1 unspecified atom stereocenters. The highest BCUT2D eigenvalue weighted by Gasteiger charge is 2.38. The first-order valence-corrected chi connectivity index (χ1v) is 14.2. The van der Waals surface area contributed by atoms with Crippen molar-refractivity contribution < 1.29 is 24.1 Å². The molecule has 0 radical (unpaired) electrons. The fraction of sp³-hybridized carbons (Fsp3) is 0.424. The molecular formula is C33H41N3O5. The monoisotopic (exact) mass is 559 g/mol. The molecule has 1 atom stereocenters. The van der Waals surface area contributed by atoms with Crippen LogP contribution in [-0.2, 0) is 15.1 Å². The largest absolute Gasteiger partial charge is 0.497 e. The van der Waals surface area contributed by atoms with Gasteiger partial charge >= 0.3 is 0 Å². The van der Waals surface area contributed by atoms with Crippen molar-refractivity contribution >= 4 is 5.91 Å². The summed E-state index contributed by atoms with van der Waals surface area (Å²) in [4.78, 5) is 12.1. The molecule has 4 rings (SSSR count). The number of unbranched alkanes of at least 4 members (excludes halogenated alkanes) is 1. The van der Waals surface area contributed by atoms with Crippen LogP contribution in [0.1, 0.15) is 55.7 Å². The van der Waals surface area contributed by atoms with Gasteiger partial charge in [-0.15, -0.1) is 0 Å². The quantitative estimate of drug-likeness (QED) is 0.159. The molecule has 218 valence electrons. The molecule has 0 aromatic heterocycles. The predicted octanol–water partition coefficient (Wildman–Crippen LogP) is 5.87. The lowest BCUT2D eigenvalue weighted by molar-refractivity contribution is -0.121. The second-order valence-electron chi connectivity index (χ2n) is 10.6. The van der Waals surface area contributed by atoms with Gasteiger partial charge in [0, 0.05) is 31.9 Å². The van der Waals surface area contributed by atoms with Crippen LogP contribution < -0.4 is 14.8 Å². The molecule has 8 heteroatoms. The van der Waals surface area contributed by atoms with Gasteiger partial charge in [-0.05, 0) is 60.7 Å². The van der Waals surface area contributed by atoms with Crippen LogP contribution in [0.5, 0.6) is 11.5 Å². The third kappa shape index (κ3) is 7.93. The highest BCUT2D eigenvalue weighted by molar-refractivity contribution is 5.75. The predicted molar refractivity (Wildman–Crippen MR) is 158 cm³/mol. The van der Waals surface area contributed by atoms with E-state index in [0.717, 1.165) is 47.5 Å². The summed E-state index contributed by atoms with van der Waals surface area (Å²) in [6.45, 7) is 2.89. The number of hydrogen-bond donors (Lipinski definition) is 2. The molecule has 41 heavy (non-hydrogen) atoms. The summed E-state index contributed by atoms with van der Waals surface area (Å²) in [5, 5.41) is 21.1. The van der Waals surface area contributed by atoms with E-state index in [1.54, 1.807) is 14.2 Å². The number of ether oxygens (including phenoxy) is 3. The number of methoxy groups -OCH3 is 2. The van der Waals surface area contributed by atoms with Crippen molar-refractivity contribution in [1.29, 1.82) is 0 Å². The maximum absolute atomic E-state index is 12.1. The first-order valence-electron chi connectivity index (χ1n) is 14.2. The van der Waals surface area contributed by atoms with Crippen molar-refractivity contribution in [3.8, 4) is 11.5 Å². The Morgan fingerprint density at radius 3 is 1.95 bits per heavy atom. The van der Waals surface area contributed by atoms with Crippen LogP contribution >= 0.6 is 0 Å². The Labute approximate surface area is 242 Å². The number of benzene rings is 3. The molecule has 0 bridgehead atoms. The average Bonchev–Trinajstić information content (AvgIpc) is 3.77. The SMILES string of the molecule is COc1ccc(C(OCC(CO)CCCCNC(=O)CCC2(C)N=N2)(c2ccccc2)c2ccc(OC)cc2)cc1. The van der Waals surface area contributed by atoms with Crippen molar-refractivity contribution in [3.05, 3.63) is 95.6 Å². The zero-order chi connectivity index (χ0) is 29.1. The van der Waals surface area contributed by atoms with Crippen molar-refractivity contribution in [1.82, 2.24) is 5.32 Å². The van der Waals surface area contributed by atoms with E-state index in [1.165, 1.54) is 0 Å². The van der Waals surface area contributed by atoms with Crippen molar-refractivity contribution in [3.63, 3.8) is 0 Å². The number of amides is 1. The number of carbonyl (C=O) groups excluding carboxylic acids is 1. The number of aliphatic hydroxyl groups excluding tert-OH is 1. The van der Waals surface area contributed by atoms with E-state index >= 15 is 0 Å². The Balaban J connectivity index is 1.47. The van der Waals surface area contributed by atoms with Crippen molar-refractivity contribution in [2.45, 2.75) is 50.3 Å². The molecule has 1 amide bonds. The van der Waals surface area contributed by atoms with Gasteiger partial charge in [0.05, 0.1) is 20.8 Å². The van der Waals surface area contributed by atoms with E-state index in [-0.39, 0.29) is 24.1 Å². The van der Waals surface area contributed by atoms with Crippen LogP contribution in [0.3, 0.4) is 0 Å². The minimum absolute atomic E-state index is 0.00797. The van der Waals surface area contributed by atoms with Crippen LogP contribution in [0.25, 0.3) is 0 Å². The number of hydrogen-bond acceptors (Lipinski definition) is 7. The summed E-state index contributed by atoms with van der Waals surface area (Å²) in [5.41, 5.74) is 1.62. The molecule has 8 nitrogen and oxygen atoms in total. The van der Waals surface area contributed by atoms with Gasteiger partial charge in [-0.2, -0.15) is 10.2 Å². The summed E-state index contributed by atoms with van der Waals surface area (Å²) in [5.74, 6) is 1.48. The van der Waals surface area contributed by atoms with Gasteiger partial charge in [-0.25, -0.2) is 0 Å². The van der Waals surface area contributed by atoms with Gasteiger partial charge in [-0.1, -0.05) is 61.0 Å². The van der Waals surface area contributed by atoms with E-state index in [0.29, 0.717) is 26.0 Å². The number of nitrogens with zero attached hydrogens (tertiary/aromatic N) is 2. The van der Waals surface area contributed by atoms with Crippen LogP contribution in [0, 0.1) is 5.92 Å². The highest BCUT2D eigenvalue weighted by Crippen LogP contribution is 2.42. The Hall–Kier alpha value is -3.75. The summed E-state index contributed by atoms with van der Waals surface area (Å²) < 4.78 is 17.8. The molecule has 0 saturated heterocycles. The summed E-state index contributed by atoms with van der Waals surface area (Å²) in [6.07, 6.45) is 3.54. The standard InChI is InChI=1S/C33H41N3O5/c1-32(35-36-32)21-20-31(38)34-22-8-7-9-25(23-37)24-41-33(26-10-5-4-6-11-26,27-12-16-29(39-2)17-13-27)28-14-18-30(40-3)19-15-28/h4-6,10-19,25,37H,7-9,20-24H2,1-3H3,(H,34,38). The van der Waals surface area contributed by atoms with E-state index in [1.807, 2.05) is 73.7 Å². The highest BCUT2D eigenvalue weighted by atomic mass is 16.5. The van der Waals surface area contributed by atoms with E-state index in [2.05, 4.69) is 27.7 Å². The number of carbonyl (C=O) groups is 1. The second-order valence-corrected chi connectivity index (χ2v) is 10.6. The summed E-state index contributed by atoms with van der Waals surface area (Å²) in [6, 6.07) is 26.0. The smallest absolute Gasteiger partial charge is 0.220 e. The Kier molecular flexibility index (Phi) is 10.5. The second kappa shape index (κ2) is 14.2. The lowest BCUT2D eigenvalue weighted by atomic mass is 9.79. The Bertz CT molecular complexity index is 1210. The van der Waals surface area contributed by atoms with Gasteiger partial charge in [-0.3, -0.25) is 4.79 Å². The molecule has 3 aromatic rings. The maximum Gasteiger partial charge on any atom is 0.220 e. The minimum Gasteiger partial charge on any atom is -0.497 e. The zero-order valence-electron chi connectivity index (χ0n) is 24.2. The third-order valence-electron chi connectivity index (χ3n) is 7.60. The van der Waals surface area contributed by atoms with Crippen molar-refractivity contribution in [2.24, 2.45) is 16.1 Å². The normalized spacial score (nSPS) is 14.3. The van der Waals surface area contributed by atoms with Gasteiger partial charge in [0.2, 0.25) is 5.91 Å². The van der Waals surface area contributed by atoms with Crippen LogP contribution in [-0.4, -0.2) is 50.7 Å². The first-order chi connectivity index (χ1) is 19.9. The minimum atomic E-state index is -0.919. The van der Waals surface area contributed by atoms with Crippen molar-refractivity contribution in [2.75, 3.05) is 34.0 Å². The Morgan fingerprint density at radius 2 is 1.44 bits per heavy atom. The molecule has 1 aliphatic heterocycles. The molecule has 0 fully saturated rings. The van der Waals surface area contributed by atoms with Gasteiger partial charge in [0.15, 0.2) is 5.66 Å². The third-order valence-corrected chi connectivity index (χ3v) is 7.60. The maximum atomic E-state index is 12.1. The fourth-order valence-corrected chi connectivity index (χ4v) is 4.95. The lowest BCUT2D eigenvalue weighted by Crippen LogP contribution is -2.35. The summed E-state index contributed by atoms with van der Waals surface area (Å²) >= 11 is 0. The molecule has 1 aliphatic rings. The average molecular weight is 560 g/mol. The molecule has 0 aliphatic carbocycles. The van der Waals surface area contributed by atoms with Gasteiger partial charge < -0.3 is 24.6 Å². The molecule has 0 spiro atoms. The number of rotatable bonds is 17. The lowest BCUT2D eigenvalue weighted by Gasteiger charge is -2.37. The molecule has 3 aromatic carbocycles. The Morgan fingerprint density at radius 1 is 0.878 bits per heavy atom. The van der Waals surface area contributed by atoms with Gasteiger partial charge in [0.25, 0.3) is 0 Å². The molecular weight excluding hydrogens is 518 g/mol. The van der Waals surface area contributed by atoms with E-state index < -0.39 is 5.60 Å². The number of aliphatic hydroxyl groups is 1. The first kappa shape index (κ1) is 30.2. The van der Waals surface area contributed by atoms with Crippen LogP contribution in [0.15, 0.2) is 89.1 Å². The number of nitrogens with one attached hydrogen (secondary N) is 1.